The molecule has 0 radical (unpaired) electrons. The Morgan fingerprint density at radius 2 is 2.00 bits per heavy atom. The van der Waals surface area contributed by atoms with Crippen molar-refractivity contribution in [2.45, 2.75) is 19.8 Å². The van der Waals surface area contributed by atoms with Gasteiger partial charge in [-0.25, -0.2) is 0 Å². The largest absolute Gasteiger partial charge is 0.496 e. The molecule has 0 saturated carbocycles. The molecule has 0 bridgehead atoms. The Kier molecular flexibility index (Phi) is 2.58. The predicted molar refractivity (Wildman–Crippen MR) is 62.4 cm³/mol. The van der Waals surface area contributed by atoms with Crippen LogP contribution < -0.4 is 4.74 Å². The van der Waals surface area contributed by atoms with E-state index >= 15 is 0 Å². The zero-order valence-corrected chi connectivity index (χ0v) is 9.32. The van der Waals surface area contributed by atoms with Crippen molar-refractivity contribution in [1.82, 2.24) is 4.98 Å². The zero-order valence-electron chi connectivity index (χ0n) is 9.32. The van der Waals surface area contributed by atoms with Crippen molar-refractivity contribution < 1.29 is 4.74 Å². The molecular weight excluding hydrogens is 186 g/mol. The molecule has 1 aromatic heterocycles. The molecule has 0 fully saturated rings. The maximum atomic E-state index is 5.39. The van der Waals surface area contributed by atoms with Crippen molar-refractivity contribution in [2.24, 2.45) is 0 Å². The van der Waals surface area contributed by atoms with Gasteiger partial charge in [0.1, 0.15) is 5.75 Å². The van der Waals surface area contributed by atoms with Crippen LogP contribution in [0, 0.1) is 0 Å². The van der Waals surface area contributed by atoms with Crippen LogP contribution in [0.25, 0.3) is 10.8 Å². The molecule has 0 aliphatic heterocycles. The standard InChI is InChI=1S/C13H15NO/c1-9(2)12-6-11-8-14-5-4-10(11)7-13(12)15-3/h4-9H,1-3H3. The Morgan fingerprint density at radius 1 is 1.20 bits per heavy atom. The average Bonchev–Trinajstić information content (AvgIpc) is 2.27. The molecule has 2 aromatic rings. The van der Waals surface area contributed by atoms with E-state index in [1.807, 2.05) is 12.3 Å². The van der Waals surface area contributed by atoms with Crippen LogP contribution in [0.15, 0.2) is 30.6 Å². The van der Waals surface area contributed by atoms with Gasteiger partial charge >= 0.3 is 0 Å². The summed E-state index contributed by atoms with van der Waals surface area (Å²) in [6.45, 7) is 4.33. The molecular formula is C13H15NO. The van der Waals surface area contributed by atoms with Crippen molar-refractivity contribution in [1.29, 1.82) is 0 Å². The average molecular weight is 201 g/mol. The Labute approximate surface area is 89.9 Å². The number of hydrogen-bond donors (Lipinski definition) is 0. The highest BCUT2D eigenvalue weighted by atomic mass is 16.5. The lowest BCUT2D eigenvalue weighted by Gasteiger charge is -2.12. The van der Waals surface area contributed by atoms with E-state index in [2.05, 4.69) is 31.0 Å². The summed E-state index contributed by atoms with van der Waals surface area (Å²) in [6.07, 6.45) is 3.69. The van der Waals surface area contributed by atoms with Crippen LogP contribution in [0.2, 0.25) is 0 Å². The minimum Gasteiger partial charge on any atom is -0.496 e. The topological polar surface area (TPSA) is 22.1 Å². The normalized spacial score (nSPS) is 10.9. The van der Waals surface area contributed by atoms with Crippen molar-refractivity contribution in [3.63, 3.8) is 0 Å². The third kappa shape index (κ3) is 1.80. The highest BCUT2D eigenvalue weighted by Crippen LogP contribution is 2.30. The van der Waals surface area contributed by atoms with Crippen molar-refractivity contribution in [3.05, 3.63) is 36.2 Å². The highest BCUT2D eigenvalue weighted by Gasteiger charge is 2.08. The third-order valence-corrected chi connectivity index (χ3v) is 2.61. The van der Waals surface area contributed by atoms with Crippen LogP contribution in [-0.4, -0.2) is 12.1 Å². The van der Waals surface area contributed by atoms with Gasteiger partial charge in [-0.3, -0.25) is 4.98 Å². The Morgan fingerprint density at radius 3 is 2.67 bits per heavy atom. The summed E-state index contributed by atoms with van der Waals surface area (Å²) in [5.74, 6) is 1.42. The van der Waals surface area contributed by atoms with Gasteiger partial charge in [0.25, 0.3) is 0 Å². The van der Waals surface area contributed by atoms with Gasteiger partial charge in [-0.1, -0.05) is 13.8 Å². The number of benzene rings is 1. The SMILES string of the molecule is COc1cc2ccncc2cc1C(C)C. The summed E-state index contributed by atoms with van der Waals surface area (Å²) >= 11 is 0. The van der Waals surface area contributed by atoms with E-state index < -0.39 is 0 Å². The number of nitrogens with zero attached hydrogens (tertiary/aromatic N) is 1. The van der Waals surface area contributed by atoms with Crippen molar-refractivity contribution in [2.75, 3.05) is 7.11 Å². The maximum Gasteiger partial charge on any atom is 0.122 e. The van der Waals surface area contributed by atoms with Gasteiger partial charge in [0.2, 0.25) is 0 Å². The van der Waals surface area contributed by atoms with Gasteiger partial charge in [-0.05, 0) is 35.1 Å². The van der Waals surface area contributed by atoms with E-state index in [-0.39, 0.29) is 0 Å². The molecule has 2 heteroatoms. The molecule has 0 amide bonds. The molecule has 2 rings (SSSR count). The predicted octanol–water partition coefficient (Wildman–Crippen LogP) is 3.37. The first-order chi connectivity index (χ1) is 7.22. The molecule has 0 atom stereocenters. The highest BCUT2D eigenvalue weighted by molar-refractivity contribution is 5.84. The van der Waals surface area contributed by atoms with E-state index in [1.165, 1.54) is 16.3 Å². The zero-order chi connectivity index (χ0) is 10.8. The number of ether oxygens (including phenoxy) is 1. The Bertz CT molecular complexity index is 477. The van der Waals surface area contributed by atoms with Crippen LogP contribution >= 0.6 is 0 Å². The van der Waals surface area contributed by atoms with Crippen LogP contribution in [0.3, 0.4) is 0 Å². The fourth-order valence-corrected chi connectivity index (χ4v) is 1.76. The van der Waals surface area contributed by atoms with Gasteiger partial charge < -0.3 is 4.74 Å². The van der Waals surface area contributed by atoms with Crippen molar-refractivity contribution >= 4 is 10.8 Å². The van der Waals surface area contributed by atoms with E-state index in [0.717, 1.165) is 5.75 Å². The number of hydrogen-bond acceptors (Lipinski definition) is 2. The Hall–Kier alpha value is -1.57. The summed E-state index contributed by atoms with van der Waals surface area (Å²) in [7, 11) is 1.72. The second-order valence-electron chi connectivity index (χ2n) is 3.97. The molecule has 15 heavy (non-hydrogen) atoms. The van der Waals surface area contributed by atoms with Crippen molar-refractivity contribution in [3.8, 4) is 5.75 Å². The number of aromatic nitrogens is 1. The second-order valence-corrected chi connectivity index (χ2v) is 3.97. The lowest BCUT2D eigenvalue weighted by molar-refractivity contribution is 0.408. The van der Waals surface area contributed by atoms with Gasteiger partial charge in [-0.2, -0.15) is 0 Å². The first-order valence-corrected chi connectivity index (χ1v) is 5.14. The van der Waals surface area contributed by atoms with E-state index in [0.29, 0.717) is 5.92 Å². The number of pyridine rings is 1. The van der Waals surface area contributed by atoms with Crippen LogP contribution in [0.5, 0.6) is 5.75 Å². The number of fused-ring (bicyclic) bond motifs is 1. The van der Waals surface area contributed by atoms with Gasteiger partial charge in [-0.15, -0.1) is 0 Å². The third-order valence-electron chi connectivity index (χ3n) is 2.61. The molecule has 0 unspecified atom stereocenters. The van der Waals surface area contributed by atoms with E-state index in [1.54, 1.807) is 13.3 Å². The maximum absolute atomic E-state index is 5.39. The monoisotopic (exact) mass is 201 g/mol. The quantitative estimate of drug-likeness (QED) is 0.743. The molecule has 0 aliphatic carbocycles. The minimum absolute atomic E-state index is 0.463. The van der Waals surface area contributed by atoms with Gasteiger partial charge in [0, 0.05) is 17.8 Å². The minimum atomic E-state index is 0.463. The van der Waals surface area contributed by atoms with Crippen LogP contribution in [0.4, 0.5) is 0 Å². The van der Waals surface area contributed by atoms with E-state index in [4.69, 9.17) is 4.74 Å². The fraction of sp³-hybridized carbons (Fsp3) is 0.308. The summed E-state index contributed by atoms with van der Waals surface area (Å²) in [5, 5.41) is 2.34. The smallest absolute Gasteiger partial charge is 0.122 e. The van der Waals surface area contributed by atoms with Gasteiger partial charge in [0.05, 0.1) is 7.11 Å². The molecule has 0 spiro atoms. The molecule has 2 nitrogen and oxygen atoms in total. The molecule has 1 heterocycles. The first-order valence-electron chi connectivity index (χ1n) is 5.14. The second kappa shape index (κ2) is 3.89. The van der Waals surface area contributed by atoms with E-state index in [9.17, 15) is 0 Å². The molecule has 0 N–H and O–H groups in total. The number of methoxy groups -OCH3 is 1. The lowest BCUT2D eigenvalue weighted by Crippen LogP contribution is -1.94. The van der Waals surface area contributed by atoms with Gasteiger partial charge in [0.15, 0.2) is 0 Å². The molecule has 0 aliphatic rings. The van der Waals surface area contributed by atoms with Crippen LogP contribution in [0.1, 0.15) is 25.3 Å². The first kappa shape index (κ1) is 9.97. The summed E-state index contributed by atoms with van der Waals surface area (Å²) < 4.78 is 5.39. The lowest BCUT2D eigenvalue weighted by atomic mass is 9.99. The molecule has 0 saturated heterocycles. The fourth-order valence-electron chi connectivity index (χ4n) is 1.76. The summed E-state index contributed by atoms with van der Waals surface area (Å²) in [6, 6.07) is 6.24. The Balaban J connectivity index is 2.69. The molecule has 1 aromatic carbocycles. The number of rotatable bonds is 2. The molecule has 78 valence electrons. The summed E-state index contributed by atoms with van der Waals surface area (Å²) in [4.78, 5) is 4.13. The van der Waals surface area contributed by atoms with Crippen LogP contribution in [-0.2, 0) is 0 Å². The summed E-state index contributed by atoms with van der Waals surface area (Å²) in [5.41, 5.74) is 1.23.